The SMILES string of the molecule is SCCCCCCCCCOc1c(I)cc(I)cc1I. The maximum Gasteiger partial charge on any atom is 0.145 e. The van der Waals surface area contributed by atoms with Gasteiger partial charge in [0.25, 0.3) is 0 Å². The topological polar surface area (TPSA) is 9.23 Å². The van der Waals surface area contributed by atoms with Crippen LogP contribution in [0.15, 0.2) is 12.1 Å². The van der Waals surface area contributed by atoms with Crippen LogP contribution in [0.3, 0.4) is 0 Å². The molecule has 0 saturated heterocycles. The minimum Gasteiger partial charge on any atom is -0.491 e. The molecule has 1 nitrogen and oxygen atoms in total. The first-order chi connectivity index (χ1) is 9.65. The predicted molar refractivity (Wildman–Crippen MR) is 116 cm³/mol. The van der Waals surface area contributed by atoms with Gasteiger partial charge in [0.15, 0.2) is 0 Å². The van der Waals surface area contributed by atoms with Crippen LogP contribution in [-0.4, -0.2) is 12.4 Å². The van der Waals surface area contributed by atoms with Gasteiger partial charge in [-0.05, 0) is 98.5 Å². The monoisotopic (exact) mass is 630 g/mol. The van der Waals surface area contributed by atoms with Gasteiger partial charge in [-0.3, -0.25) is 0 Å². The molecule has 1 aromatic carbocycles. The molecule has 0 aromatic heterocycles. The number of rotatable bonds is 10. The summed E-state index contributed by atoms with van der Waals surface area (Å²) in [5, 5.41) is 0. The maximum atomic E-state index is 5.94. The molecule has 0 aliphatic rings. The van der Waals surface area contributed by atoms with Gasteiger partial charge in [0.1, 0.15) is 5.75 Å². The van der Waals surface area contributed by atoms with Crippen molar-refractivity contribution in [2.45, 2.75) is 44.9 Å². The van der Waals surface area contributed by atoms with Crippen molar-refractivity contribution in [3.8, 4) is 5.75 Å². The van der Waals surface area contributed by atoms with Crippen molar-refractivity contribution in [3.05, 3.63) is 22.8 Å². The number of hydrogen-bond donors (Lipinski definition) is 1. The van der Waals surface area contributed by atoms with Crippen LogP contribution in [0, 0.1) is 10.7 Å². The maximum absolute atomic E-state index is 5.94. The number of halogens is 3. The third-order valence-electron chi connectivity index (χ3n) is 3.01. The van der Waals surface area contributed by atoms with Crippen LogP contribution in [0.25, 0.3) is 0 Å². The summed E-state index contributed by atoms with van der Waals surface area (Å²) in [5.41, 5.74) is 0. The third-order valence-corrected chi connectivity index (χ3v) is 5.55. The lowest BCUT2D eigenvalue weighted by Gasteiger charge is -2.11. The molecule has 20 heavy (non-hydrogen) atoms. The lowest BCUT2D eigenvalue weighted by molar-refractivity contribution is 0.300. The Hall–Kier alpha value is 1.56. The van der Waals surface area contributed by atoms with Crippen LogP contribution in [0.4, 0.5) is 0 Å². The highest BCUT2D eigenvalue weighted by Crippen LogP contribution is 2.29. The quantitative estimate of drug-likeness (QED) is 0.176. The molecule has 0 amide bonds. The van der Waals surface area contributed by atoms with Crippen molar-refractivity contribution in [2.24, 2.45) is 0 Å². The molecule has 114 valence electrons. The van der Waals surface area contributed by atoms with E-state index in [1.807, 2.05) is 0 Å². The van der Waals surface area contributed by atoms with E-state index in [1.54, 1.807) is 0 Å². The van der Waals surface area contributed by atoms with E-state index in [0.717, 1.165) is 24.5 Å². The van der Waals surface area contributed by atoms with Crippen molar-refractivity contribution in [1.82, 2.24) is 0 Å². The van der Waals surface area contributed by atoms with E-state index in [0.29, 0.717) is 0 Å². The average Bonchev–Trinajstić information content (AvgIpc) is 2.39. The molecule has 0 N–H and O–H groups in total. The summed E-state index contributed by atoms with van der Waals surface area (Å²) in [4.78, 5) is 0. The molecule has 0 unspecified atom stereocenters. The largest absolute Gasteiger partial charge is 0.491 e. The molecule has 0 aliphatic heterocycles. The Morgan fingerprint density at radius 1 is 0.800 bits per heavy atom. The Kier molecular flexibility index (Phi) is 11.8. The molecule has 1 aromatic rings. The fourth-order valence-electron chi connectivity index (χ4n) is 1.94. The second-order valence-corrected chi connectivity index (χ2v) is 8.76. The summed E-state index contributed by atoms with van der Waals surface area (Å²) in [7, 11) is 0. The fraction of sp³-hybridized carbons (Fsp3) is 0.600. The first-order valence-corrected chi connectivity index (χ1v) is 10.9. The second-order valence-electron chi connectivity index (χ2n) is 4.75. The number of thiol groups is 1. The predicted octanol–water partition coefficient (Wildman–Crippen LogP) is 6.54. The van der Waals surface area contributed by atoms with E-state index in [9.17, 15) is 0 Å². The molecule has 0 heterocycles. The summed E-state index contributed by atoms with van der Waals surface area (Å²) in [6.45, 7) is 0.837. The second kappa shape index (κ2) is 12.0. The van der Waals surface area contributed by atoms with Crippen LogP contribution < -0.4 is 4.74 Å². The average molecular weight is 630 g/mol. The highest BCUT2D eigenvalue weighted by molar-refractivity contribution is 14.1. The van der Waals surface area contributed by atoms with Crippen molar-refractivity contribution < 1.29 is 4.74 Å². The molecule has 0 aliphatic carbocycles. The van der Waals surface area contributed by atoms with Crippen LogP contribution in [0.5, 0.6) is 5.75 Å². The van der Waals surface area contributed by atoms with Gasteiger partial charge in [-0.15, -0.1) is 0 Å². The van der Waals surface area contributed by atoms with E-state index in [2.05, 4.69) is 92.5 Å². The fourth-order valence-corrected chi connectivity index (χ4v) is 6.06. The minimum absolute atomic E-state index is 0.837. The smallest absolute Gasteiger partial charge is 0.145 e. The van der Waals surface area contributed by atoms with Crippen molar-refractivity contribution in [3.63, 3.8) is 0 Å². The molecular formula is C15H21I3OS. The van der Waals surface area contributed by atoms with Gasteiger partial charge in [0.2, 0.25) is 0 Å². The van der Waals surface area contributed by atoms with Gasteiger partial charge in [0.05, 0.1) is 13.7 Å². The van der Waals surface area contributed by atoms with Crippen LogP contribution in [0.1, 0.15) is 44.9 Å². The zero-order valence-electron chi connectivity index (χ0n) is 11.5. The third kappa shape index (κ3) is 8.26. The summed E-state index contributed by atoms with van der Waals surface area (Å²) < 4.78 is 9.63. The molecule has 0 radical (unpaired) electrons. The molecule has 5 heteroatoms. The van der Waals surface area contributed by atoms with Crippen LogP contribution >= 0.6 is 80.4 Å². The van der Waals surface area contributed by atoms with Crippen LogP contribution in [0.2, 0.25) is 0 Å². The zero-order valence-corrected chi connectivity index (χ0v) is 18.9. The lowest BCUT2D eigenvalue weighted by Crippen LogP contribution is -2.01. The summed E-state index contributed by atoms with van der Waals surface area (Å²) in [5.74, 6) is 2.08. The molecule has 0 fully saturated rings. The van der Waals surface area contributed by atoms with Gasteiger partial charge < -0.3 is 4.74 Å². The Labute approximate surface area is 169 Å². The van der Waals surface area contributed by atoms with E-state index < -0.39 is 0 Å². The molecule has 0 atom stereocenters. The number of benzene rings is 1. The highest BCUT2D eigenvalue weighted by Gasteiger charge is 2.07. The van der Waals surface area contributed by atoms with Gasteiger partial charge in [0, 0.05) is 3.57 Å². The molecule has 1 rings (SSSR count). The lowest BCUT2D eigenvalue weighted by atomic mass is 10.1. The standard InChI is InChI=1S/C15H21I3OS/c16-12-10-13(17)15(14(18)11-12)19-8-6-4-2-1-3-5-7-9-20/h10-11,20H,1-9H2. The van der Waals surface area contributed by atoms with E-state index >= 15 is 0 Å². The zero-order chi connectivity index (χ0) is 14.8. The number of unbranched alkanes of at least 4 members (excludes halogenated alkanes) is 6. The van der Waals surface area contributed by atoms with Gasteiger partial charge in [-0.1, -0.05) is 32.1 Å². The Bertz CT molecular complexity index is 376. The van der Waals surface area contributed by atoms with Gasteiger partial charge in [-0.25, -0.2) is 0 Å². The molecule has 0 spiro atoms. The van der Waals surface area contributed by atoms with Gasteiger partial charge in [-0.2, -0.15) is 12.6 Å². The van der Waals surface area contributed by atoms with E-state index in [-0.39, 0.29) is 0 Å². The summed E-state index contributed by atoms with van der Waals surface area (Å²) >= 11 is 11.3. The van der Waals surface area contributed by atoms with E-state index in [1.165, 1.54) is 49.2 Å². The first kappa shape index (κ1) is 19.6. The molecule has 0 saturated carbocycles. The normalized spacial score (nSPS) is 10.8. The molecular weight excluding hydrogens is 609 g/mol. The summed E-state index contributed by atoms with van der Waals surface area (Å²) in [6.07, 6.45) is 9.07. The number of hydrogen-bond acceptors (Lipinski definition) is 2. The highest BCUT2D eigenvalue weighted by atomic mass is 127. The Morgan fingerprint density at radius 3 is 1.85 bits per heavy atom. The van der Waals surface area contributed by atoms with Crippen molar-refractivity contribution >= 4 is 80.4 Å². The number of ether oxygens (including phenoxy) is 1. The van der Waals surface area contributed by atoms with Gasteiger partial charge >= 0.3 is 0 Å². The van der Waals surface area contributed by atoms with Crippen molar-refractivity contribution in [1.29, 1.82) is 0 Å². The Morgan fingerprint density at radius 2 is 1.30 bits per heavy atom. The van der Waals surface area contributed by atoms with E-state index in [4.69, 9.17) is 4.74 Å². The summed E-state index contributed by atoms with van der Waals surface area (Å²) in [6, 6.07) is 4.33. The van der Waals surface area contributed by atoms with Crippen molar-refractivity contribution in [2.75, 3.05) is 12.4 Å². The van der Waals surface area contributed by atoms with Crippen LogP contribution in [-0.2, 0) is 0 Å². The minimum atomic E-state index is 0.837. The first-order valence-electron chi connectivity index (χ1n) is 7.03. The molecule has 0 bridgehead atoms. The Balaban J connectivity index is 2.13.